The van der Waals surface area contributed by atoms with Crippen LogP contribution in [0.15, 0.2) is 54.6 Å². The zero-order valence-corrected chi connectivity index (χ0v) is 16.1. The van der Waals surface area contributed by atoms with Gasteiger partial charge in [-0.1, -0.05) is 29.8 Å². The van der Waals surface area contributed by atoms with Crippen LogP contribution in [0.3, 0.4) is 0 Å². The van der Waals surface area contributed by atoms with Crippen molar-refractivity contribution in [3.63, 3.8) is 0 Å². The molecule has 0 radical (unpaired) electrons. The average molecular weight is 416 g/mol. The van der Waals surface area contributed by atoms with E-state index in [1.807, 2.05) is 0 Å². The van der Waals surface area contributed by atoms with Gasteiger partial charge in [0.15, 0.2) is 5.69 Å². The van der Waals surface area contributed by atoms with Gasteiger partial charge in [0, 0.05) is 11.1 Å². The second kappa shape index (κ2) is 8.66. The molecule has 0 aliphatic heterocycles. The van der Waals surface area contributed by atoms with Gasteiger partial charge in [-0.05, 0) is 35.9 Å². The molecule has 29 heavy (non-hydrogen) atoms. The number of hydrogen-bond donors (Lipinski definition) is 3. The van der Waals surface area contributed by atoms with Gasteiger partial charge in [-0.3, -0.25) is 9.59 Å². The highest BCUT2D eigenvalue weighted by molar-refractivity contribution is 6.30. The molecule has 0 bridgehead atoms. The minimum Gasteiger partial charge on any atom is -0.497 e. The van der Waals surface area contributed by atoms with E-state index in [1.54, 1.807) is 48.5 Å². The topological polar surface area (TPSA) is 114 Å². The lowest BCUT2D eigenvalue weighted by Gasteiger charge is -2.17. The third kappa shape index (κ3) is 4.85. The van der Waals surface area contributed by atoms with Crippen molar-refractivity contribution in [2.45, 2.75) is 12.5 Å². The lowest BCUT2D eigenvalue weighted by atomic mass is 10.0. The van der Waals surface area contributed by atoms with Crippen LogP contribution in [0, 0.1) is 0 Å². The van der Waals surface area contributed by atoms with Gasteiger partial charge in [0.1, 0.15) is 5.75 Å². The van der Waals surface area contributed by atoms with Gasteiger partial charge in [-0.15, -0.1) is 0 Å². The number of carboxylic acids is 1. The molecule has 8 nitrogen and oxygen atoms in total. The first-order valence-electron chi connectivity index (χ1n) is 8.59. The molecule has 2 aromatic carbocycles. The Morgan fingerprint density at radius 2 is 1.93 bits per heavy atom. The Morgan fingerprint density at radius 1 is 1.21 bits per heavy atom. The molecule has 0 aliphatic rings. The van der Waals surface area contributed by atoms with Gasteiger partial charge < -0.3 is 20.3 Å². The molecule has 3 aromatic rings. The van der Waals surface area contributed by atoms with Gasteiger partial charge >= 0.3 is 5.97 Å². The van der Waals surface area contributed by atoms with Crippen LogP contribution in [0.4, 0.5) is 0 Å². The Morgan fingerprint density at radius 3 is 2.55 bits per heavy atom. The number of halogens is 1. The molecule has 1 atom stereocenters. The second-order valence-electron chi connectivity index (χ2n) is 6.18. The monoisotopic (exact) mass is 415 g/mol. The van der Waals surface area contributed by atoms with Crippen molar-refractivity contribution >= 4 is 23.5 Å². The first-order valence-corrected chi connectivity index (χ1v) is 8.96. The number of aliphatic carboxylic acids is 1. The molecule has 3 rings (SSSR count). The van der Waals surface area contributed by atoms with Crippen LogP contribution in [0.1, 0.15) is 28.5 Å². The van der Waals surface area contributed by atoms with Gasteiger partial charge in [0.25, 0.3) is 5.91 Å². The van der Waals surface area contributed by atoms with E-state index < -0.39 is 17.9 Å². The number of amides is 1. The summed E-state index contributed by atoms with van der Waals surface area (Å²) >= 11 is 5.96. The SMILES string of the molecule is COc1ccc([C@H](CC(=O)O)NC(=O)c2cc(O)n(-c3cccc(Cl)c3)n2)cc1. The summed E-state index contributed by atoms with van der Waals surface area (Å²) in [5.74, 6) is -1.34. The number of ether oxygens (including phenoxy) is 1. The number of carbonyl (C=O) groups excluding carboxylic acids is 1. The molecule has 3 N–H and O–H groups in total. The van der Waals surface area contributed by atoms with E-state index in [0.29, 0.717) is 22.0 Å². The lowest BCUT2D eigenvalue weighted by molar-refractivity contribution is -0.137. The number of carboxylic acid groups (broad SMARTS) is 1. The third-order valence-electron chi connectivity index (χ3n) is 4.18. The number of hydrogen-bond acceptors (Lipinski definition) is 5. The maximum Gasteiger partial charge on any atom is 0.305 e. The van der Waals surface area contributed by atoms with Crippen LogP contribution in [0.2, 0.25) is 5.02 Å². The van der Waals surface area contributed by atoms with E-state index >= 15 is 0 Å². The van der Waals surface area contributed by atoms with Crippen molar-refractivity contribution in [2.75, 3.05) is 7.11 Å². The number of carbonyl (C=O) groups is 2. The molecule has 9 heteroatoms. The third-order valence-corrected chi connectivity index (χ3v) is 4.41. The van der Waals surface area contributed by atoms with E-state index in [0.717, 1.165) is 0 Å². The standard InChI is InChI=1S/C20H18ClN3O5/c1-29-15-7-5-12(6-8-15)16(11-19(26)27)22-20(28)17-10-18(25)24(23-17)14-4-2-3-13(21)9-14/h2-10,16,25H,11H2,1H3,(H,22,28)(H,26,27)/t16-/m0/s1. The predicted molar refractivity (Wildman–Crippen MR) is 106 cm³/mol. The highest BCUT2D eigenvalue weighted by atomic mass is 35.5. The highest BCUT2D eigenvalue weighted by Gasteiger charge is 2.22. The van der Waals surface area contributed by atoms with Crippen LogP contribution in [-0.2, 0) is 4.79 Å². The van der Waals surface area contributed by atoms with Crippen molar-refractivity contribution in [3.8, 4) is 17.3 Å². The van der Waals surface area contributed by atoms with Gasteiger partial charge in [0.05, 0.1) is 25.3 Å². The Labute approximate surface area is 171 Å². The van der Waals surface area contributed by atoms with E-state index in [-0.39, 0.29) is 18.0 Å². The van der Waals surface area contributed by atoms with Gasteiger partial charge in [0.2, 0.25) is 5.88 Å². The van der Waals surface area contributed by atoms with Crippen molar-refractivity contribution in [1.29, 1.82) is 0 Å². The molecule has 0 saturated heterocycles. The molecule has 1 amide bonds. The maximum atomic E-state index is 12.7. The fraction of sp³-hybridized carbons (Fsp3) is 0.150. The van der Waals surface area contributed by atoms with Crippen LogP contribution in [0.25, 0.3) is 5.69 Å². The molecule has 0 fully saturated rings. The second-order valence-corrected chi connectivity index (χ2v) is 6.61. The van der Waals surface area contributed by atoms with Gasteiger partial charge in [-0.2, -0.15) is 5.10 Å². The van der Waals surface area contributed by atoms with Crippen LogP contribution < -0.4 is 10.1 Å². The zero-order valence-electron chi connectivity index (χ0n) is 15.4. The number of aromatic nitrogens is 2. The van der Waals surface area contributed by atoms with Crippen LogP contribution in [0.5, 0.6) is 11.6 Å². The van der Waals surface area contributed by atoms with Crippen molar-refractivity contribution in [3.05, 3.63) is 70.9 Å². The highest BCUT2D eigenvalue weighted by Crippen LogP contribution is 2.23. The van der Waals surface area contributed by atoms with Crippen LogP contribution >= 0.6 is 11.6 Å². The zero-order chi connectivity index (χ0) is 21.0. The number of rotatable bonds is 7. The number of aromatic hydroxyl groups is 1. The predicted octanol–water partition coefficient (Wildman–Crippen LogP) is 3.19. The molecular formula is C20H18ClN3O5. The smallest absolute Gasteiger partial charge is 0.305 e. The quantitative estimate of drug-likeness (QED) is 0.546. The minimum absolute atomic E-state index is 0.0635. The van der Waals surface area contributed by atoms with E-state index in [9.17, 15) is 19.8 Å². The maximum absolute atomic E-state index is 12.7. The minimum atomic E-state index is -1.07. The summed E-state index contributed by atoms with van der Waals surface area (Å²) in [6.45, 7) is 0. The Hall–Kier alpha value is -3.52. The number of methoxy groups -OCH3 is 1. The molecule has 0 spiro atoms. The molecule has 150 valence electrons. The van der Waals surface area contributed by atoms with Crippen molar-refractivity contribution in [2.24, 2.45) is 0 Å². The van der Waals surface area contributed by atoms with E-state index in [4.69, 9.17) is 16.3 Å². The normalized spacial score (nSPS) is 11.7. The van der Waals surface area contributed by atoms with E-state index in [1.165, 1.54) is 17.9 Å². The summed E-state index contributed by atoms with van der Waals surface area (Å²) in [7, 11) is 1.52. The fourth-order valence-corrected chi connectivity index (χ4v) is 2.96. The summed E-state index contributed by atoms with van der Waals surface area (Å²) in [4.78, 5) is 23.9. The summed E-state index contributed by atoms with van der Waals surface area (Å²) in [6.07, 6.45) is -0.320. The first kappa shape index (κ1) is 20.2. The molecule has 1 aromatic heterocycles. The Kier molecular flexibility index (Phi) is 6.04. The summed E-state index contributed by atoms with van der Waals surface area (Å²) in [5.41, 5.74) is 1.01. The number of benzene rings is 2. The molecule has 0 unspecified atom stereocenters. The molecule has 0 saturated carbocycles. The summed E-state index contributed by atoms with van der Waals surface area (Å²) < 4.78 is 6.26. The molecular weight excluding hydrogens is 398 g/mol. The summed E-state index contributed by atoms with van der Waals surface area (Å²) in [6, 6.07) is 13.7. The molecule has 0 aliphatic carbocycles. The number of nitrogens with zero attached hydrogens (tertiary/aromatic N) is 2. The van der Waals surface area contributed by atoms with Crippen molar-refractivity contribution in [1.82, 2.24) is 15.1 Å². The Bertz CT molecular complexity index is 1030. The lowest BCUT2D eigenvalue weighted by Crippen LogP contribution is -2.30. The van der Waals surface area contributed by atoms with Crippen molar-refractivity contribution < 1.29 is 24.5 Å². The van der Waals surface area contributed by atoms with Gasteiger partial charge in [-0.25, -0.2) is 4.68 Å². The van der Waals surface area contributed by atoms with E-state index in [2.05, 4.69) is 10.4 Å². The largest absolute Gasteiger partial charge is 0.497 e. The summed E-state index contributed by atoms with van der Waals surface area (Å²) in [5, 5.41) is 26.6. The first-order chi connectivity index (χ1) is 13.9. The Balaban J connectivity index is 1.84. The molecule has 1 heterocycles. The van der Waals surface area contributed by atoms with Crippen LogP contribution in [-0.4, -0.2) is 39.0 Å². The number of nitrogens with one attached hydrogen (secondary N) is 1. The average Bonchev–Trinajstić information content (AvgIpc) is 3.09. The fourth-order valence-electron chi connectivity index (χ4n) is 2.78.